The lowest BCUT2D eigenvalue weighted by Crippen LogP contribution is -2.12. The maximum Gasteiger partial charge on any atom is 0.0517 e. The lowest BCUT2D eigenvalue weighted by molar-refractivity contribution is 0.577. The zero-order valence-electron chi connectivity index (χ0n) is 6.91. The Morgan fingerprint density at radius 1 is 0.889 bits per heavy atom. The molecule has 0 N–H and O–H groups in total. The monoisotopic (exact) mass is 140 g/mol. The van der Waals surface area contributed by atoms with Crippen molar-refractivity contribution in [3.63, 3.8) is 0 Å². The molecule has 1 saturated heterocycles. The first-order chi connectivity index (χ1) is 3.91. The number of hydrogen-bond donors (Lipinski definition) is 0. The minimum absolute atomic E-state index is 0.656. The molecule has 0 saturated carbocycles. The molecule has 1 aliphatic heterocycles. The van der Waals surface area contributed by atoms with Crippen LogP contribution in [0, 0.1) is 0 Å². The predicted octanol–water partition coefficient (Wildman–Crippen LogP) is 2.88. The van der Waals surface area contributed by atoms with Crippen LogP contribution >= 0.6 is 0 Å². The van der Waals surface area contributed by atoms with Crippen molar-refractivity contribution in [2.75, 3.05) is 0 Å². The van der Waals surface area contributed by atoms with Gasteiger partial charge in [0.1, 0.15) is 0 Å². The Hall–Kier alpha value is 0.217. The van der Waals surface area contributed by atoms with Crippen molar-refractivity contribution in [2.45, 2.75) is 50.6 Å². The van der Waals surface area contributed by atoms with E-state index < -0.39 is 0 Å². The van der Waals surface area contributed by atoms with Gasteiger partial charge in [-0.2, -0.15) is 0 Å². The van der Waals surface area contributed by atoms with E-state index in [4.69, 9.17) is 0 Å². The van der Waals surface area contributed by atoms with Gasteiger partial charge < -0.3 is 0 Å². The molecule has 0 aromatic carbocycles. The van der Waals surface area contributed by atoms with Crippen molar-refractivity contribution in [1.29, 1.82) is 0 Å². The average molecular weight is 140 g/mol. The lowest BCUT2D eigenvalue weighted by Gasteiger charge is -2.19. The fourth-order valence-corrected chi connectivity index (χ4v) is 4.00. The maximum atomic E-state index is 2.39. The van der Waals surface area contributed by atoms with E-state index in [1.165, 1.54) is 12.8 Å². The second kappa shape index (κ2) is 1.85. The minimum Gasteiger partial charge on any atom is -0.0628 e. The van der Waals surface area contributed by atoms with Crippen LogP contribution < -0.4 is 0 Å². The molecule has 1 aliphatic rings. The lowest BCUT2D eigenvalue weighted by atomic mass is 10.0. The first-order valence-electron chi connectivity index (χ1n) is 3.71. The average Bonchev–Trinajstić information content (AvgIpc) is 1.78. The molecule has 0 amide bonds. The molecule has 0 aromatic heterocycles. The van der Waals surface area contributed by atoms with E-state index in [9.17, 15) is 0 Å². The smallest absolute Gasteiger partial charge is 0.0517 e. The third-order valence-electron chi connectivity index (χ3n) is 2.05. The standard InChI is InChI=1S/C8H16Si/c1-7(2)5-6-8(3,4)9-7/h5-6H2,1-4H3. The van der Waals surface area contributed by atoms with E-state index in [-0.39, 0.29) is 0 Å². The van der Waals surface area contributed by atoms with Crippen molar-refractivity contribution < 1.29 is 0 Å². The van der Waals surface area contributed by atoms with E-state index in [1.807, 2.05) is 0 Å². The van der Waals surface area contributed by atoms with E-state index >= 15 is 0 Å². The van der Waals surface area contributed by atoms with E-state index in [0.29, 0.717) is 10.1 Å². The number of hydrogen-bond acceptors (Lipinski definition) is 0. The Labute approximate surface area is 60.9 Å². The summed E-state index contributed by atoms with van der Waals surface area (Å²) in [6.07, 6.45) is 2.86. The van der Waals surface area contributed by atoms with Crippen LogP contribution in [0.15, 0.2) is 0 Å². The van der Waals surface area contributed by atoms with Gasteiger partial charge in [0.05, 0.1) is 9.52 Å². The van der Waals surface area contributed by atoms with Crippen LogP contribution in [0.5, 0.6) is 0 Å². The second-order valence-electron chi connectivity index (χ2n) is 4.39. The van der Waals surface area contributed by atoms with Crippen LogP contribution in [0.4, 0.5) is 0 Å². The molecule has 1 heteroatoms. The summed E-state index contributed by atoms with van der Waals surface area (Å²) in [5, 5.41) is 1.31. The summed E-state index contributed by atoms with van der Waals surface area (Å²) in [4.78, 5) is 0. The molecule has 0 nitrogen and oxygen atoms in total. The number of rotatable bonds is 0. The normalized spacial score (nSPS) is 30.7. The summed E-state index contributed by atoms with van der Waals surface area (Å²) in [7, 11) is 1.16. The van der Waals surface area contributed by atoms with Crippen molar-refractivity contribution in [1.82, 2.24) is 0 Å². The van der Waals surface area contributed by atoms with Gasteiger partial charge in [-0.05, 0) is 10.1 Å². The molecule has 2 radical (unpaired) electrons. The van der Waals surface area contributed by atoms with E-state index in [2.05, 4.69) is 27.7 Å². The van der Waals surface area contributed by atoms with Gasteiger partial charge in [-0.1, -0.05) is 40.5 Å². The highest BCUT2D eigenvalue weighted by Gasteiger charge is 2.36. The highest BCUT2D eigenvalue weighted by Crippen LogP contribution is 2.50. The van der Waals surface area contributed by atoms with Crippen LogP contribution in [0.2, 0.25) is 10.1 Å². The van der Waals surface area contributed by atoms with Gasteiger partial charge in [0, 0.05) is 0 Å². The van der Waals surface area contributed by atoms with Gasteiger partial charge >= 0.3 is 0 Å². The van der Waals surface area contributed by atoms with Gasteiger partial charge in [0.2, 0.25) is 0 Å². The fraction of sp³-hybridized carbons (Fsp3) is 1.00. The van der Waals surface area contributed by atoms with Crippen LogP contribution in [0.1, 0.15) is 40.5 Å². The summed E-state index contributed by atoms with van der Waals surface area (Å²) in [5.41, 5.74) is 0. The minimum atomic E-state index is 0.656. The largest absolute Gasteiger partial charge is 0.0628 e. The van der Waals surface area contributed by atoms with Crippen molar-refractivity contribution in [3.8, 4) is 0 Å². The van der Waals surface area contributed by atoms with Crippen LogP contribution in [-0.4, -0.2) is 9.52 Å². The summed E-state index contributed by atoms with van der Waals surface area (Å²) in [5.74, 6) is 0. The summed E-state index contributed by atoms with van der Waals surface area (Å²) < 4.78 is 0. The van der Waals surface area contributed by atoms with E-state index in [1.54, 1.807) is 0 Å². The molecule has 9 heavy (non-hydrogen) atoms. The third-order valence-corrected chi connectivity index (χ3v) is 3.91. The van der Waals surface area contributed by atoms with Gasteiger partial charge in [-0.15, -0.1) is 0 Å². The van der Waals surface area contributed by atoms with Gasteiger partial charge in [0.15, 0.2) is 0 Å². The SMILES string of the molecule is CC1(C)CCC(C)(C)[Si]1. The molecule has 0 bridgehead atoms. The molecule has 0 aliphatic carbocycles. The molecule has 1 rings (SSSR count). The Morgan fingerprint density at radius 3 is 1.33 bits per heavy atom. The molecular weight excluding hydrogens is 124 g/mol. The van der Waals surface area contributed by atoms with Crippen LogP contribution in [0.3, 0.4) is 0 Å². The maximum absolute atomic E-state index is 2.39. The Bertz CT molecular complexity index is 99.7. The molecule has 0 aromatic rings. The van der Waals surface area contributed by atoms with Crippen LogP contribution in [-0.2, 0) is 0 Å². The Kier molecular flexibility index (Phi) is 1.50. The third kappa shape index (κ3) is 1.82. The highest BCUT2D eigenvalue weighted by molar-refractivity contribution is 6.44. The molecule has 0 unspecified atom stereocenters. The van der Waals surface area contributed by atoms with Crippen molar-refractivity contribution >= 4 is 9.52 Å². The van der Waals surface area contributed by atoms with Gasteiger partial charge in [0.25, 0.3) is 0 Å². The zero-order chi connectivity index (χ0) is 7.12. The Morgan fingerprint density at radius 2 is 1.22 bits per heavy atom. The van der Waals surface area contributed by atoms with Gasteiger partial charge in [-0.25, -0.2) is 0 Å². The van der Waals surface area contributed by atoms with Crippen molar-refractivity contribution in [3.05, 3.63) is 0 Å². The van der Waals surface area contributed by atoms with Crippen LogP contribution in [0.25, 0.3) is 0 Å². The summed E-state index contributed by atoms with van der Waals surface area (Å²) >= 11 is 0. The van der Waals surface area contributed by atoms with Crippen molar-refractivity contribution in [2.24, 2.45) is 0 Å². The summed E-state index contributed by atoms with van der Waals surface area (Å²) in [6, 6.07) is 0. The van der Waals surface area contributed by atoms with E-state index in [0.717, 1.165) is 9.52 Å². The molecule has 1 fully saturated rings. The second-order valence-corrected chi connectivity index (χ2v) is 7.35. The Balaban J connectivity index is 2.58. The zero-order valence-corrected chi connectivity index (χ0v) is 7.91. The predicted molar refractivity (Wildman–Crippen MR) is 43.1 cm³/mol. The van der Waals surface area contributed by atoms with Gasteiger partial charge in [-0.3, -0.25) is 0 Å². The topological polar surface area (TPSA) is 0 Å². The quantitative estimate of drug-likeness (QED) is 0.454. The fourth-order valence-electron chi connectivity index (χ4n) is 1.67. The highest BCUT2D eigenvalue weighted by atomic mass is 28.2. The summed E-state index contributed by atoms with van der Waals surface area (Å²) in [6.45, 7) is 9.56. The molecular formula is C8H16Si. The molecule has 0 atom stereocenters. The molecule has 1 heterocycles. The first kappa shape index (κ1) is 7.33. The first-order valence-corrected chi connectivity index (χ1v) is 4.71. The molecule has 0 spiro atoms. The molecule has 52 valence electrons.